The number of carboxylic acids is 1. The number of hydrogen-bond acceptors (Lipinski definition) is 4. The van der Waals surface area contributed by atoms with Crippen LogP contribution in [0.3, 0.4) is 0 Å². The molecule has 1 amide bonds. The third-order valence-corrected chi connectivity index (χ3v) is 4.55. The summed E-state index contributed by atoms with van der Waals surface area (Å²) in [7, 11) is 0. The predicted molar refractivity (Wildman–Crippen MR) is 112 cm³/mol. The number of aliphatic carboxylic acids is 1. The van der Waals surface area contributed by atoms with E-state index in [1.54, 1.807) is 0 Å². The minimum Gasteiger partial charge on any atom is -0.862 e. The molecule has 162 valence electrons. The number of rotatable bonds is 16. The minimum absolute atomic E-state index is 0. The van der Waals surface area contributed by atoms with E-state index in [9.17, 15) is 19.8 Å². The normalized spacial score (nSPS) is 13.7. The van der Waals surface area contributed by atoms with Crippen molar-refractivity contribution in [3.63, 3.8) is 0 Å². The largest absolute Gasteiger partial charge is 1.00 e. The standard InChI is InChI=1S/C22H40N2O4.Na/c1-6-7-8-9-10-11-12-13-14-19(25)24-20(17(4)5)21(26)23-18(22(27)28)15-16(2)3;/h6,16-18,20H,1,7-15H2,2-5H3,(H,23,26)(H,24,25)(H,27,28);/q;+1/p-1/t18-,20-;/m0./s1. The summed E-state index contributed by atoms with van der Waals surface area (Å²) in [5, 5.41) is 24.0. The van der Waals surface area contributed by atoms with E-state index in [1.807, 2.05) is 33.8 Å². The maximum absolute atomic E-state index is 12.5. The molecule has 0 heterocycles. The number of amides is 1. The summed E-state index contributed by atoms with van der Waals surface area (Å²) in [5.74, 6) is -1.88. The van der Waals surface area contributed by atoms with Crippen LogP contribution >= 0.6 is 0 Å². The number of carbonyl (C=O) groups excluding carboxylic acids is 1. The van der Waals surface area contributed by atoms with E-state index in [-0.39, 0.29) is 47.3 Å². The Hall–Kier alpha value is -0.850. The van der Waals surface area contributed by atoms with Gasteiger partial charge in [-0.3, -0.25) is 9.79 Å². The average molecular weight is 419 g/mol. The van der Waals surface area contributed by atoms with Crippen molar-refractivity contribution in [1.29, 1.82) is 0 Å². The summed E-state index contributed by atoms with van der Waals surface area (Å²) in [4.78, 5) is 27.9. The molecular formula is C22H39N2NaO4. The smallest absolute Gasteiger partial charge is 0.862 e. The molecule has 0 rings (SSSR count). The number of nitrogens with zero attached hydrogens (tertiary/aromatic N) is 1. The minimum atomic E-state index is -1.07. The van der Waals surface area contributed by atoms with Gasteiger partial charge in [0.05, 0.1) is 0 Å². The summed E-state index contributed by atoms with van der Waals surface area (Å²) >= 11 is 0. The van der Waals surface area contributed by atoms with Crippen molar-refractivity contribution in [2.75, 3.05) is 0 Å². The van der Waals surface area contributed by atoms with Gasteiger partial charge in [-0.1, -0.05) is 59.5 Å². The van der Waals surface area contributed by atoms with Crippen LogP contribution in [0.15, 0.2) is 17.6 Å². The van der Waals surface area contributed by atoms with Gasteiger partial charge in [-0.2, -0.15) is 0 Å². The quantitative estimate of drug-likeness (QED) is 0.127. The Kier molecular flexibility index (Phi) is 18.8. The van der Waals surface area contributed by atoms with Gasteiger partial charge in [-0.25, -0.2) is 4.79 Å². The summed E-state index contributed by atoms with van der Waals surface area (Å²) in [5.41, 5.74) is 0. The van der Waals surface area contributed by atoms with E-state index in [4.69, 9.17) is 0 Å². The molecule has 29 heavy (non-hydrogen) atoms. The molecule has 0 aliphatic rings. The van der Waals surface area contributed by atoms with Crippen LogP contribution in [0.5, 0.6) is 0 Å². The third kappa shape index (κ3) is 15.6. The number of aliphatic imine (C=N–C) groups is 1. The van der Waals surface area contributed by atoms with Crippen molar-refractivity contribution in [2.45, 2.75) is 97.6 Å². The fraction of sp³-hybridized carbons (Fsp3) is 0.773. The number of nitrogens with one attached hydrogen (secondary N) is 1. The maximum Gasteiger partial charge on any atom is 1.00 e. The van der Waals surface area contributed by atoms with Gasteiger partial charge >= 0.3 is 35.5 Å². The van der Waals surface area contributed by atoms with Gasteiger partial charge in [0.15, 0.2) is 0 Å². The van der Waals surface area contributed by atoms with Gasteiger partial charge in [0.1, 0.15) is 12.1 Å². The zero-order chi connectivity index (χ0) is 21.5. The predicted octanol–water partition coefficient (Wildman–Crippen LogP) is 0.696. The van der Waals surface area contributed by atoms with E-state index in [0.29, 0.717) is 12.8 Å². The molecule has 0 saturated heterocycles. The van der Waals surface area contributed by atoms with E-state index >= 15 is 0 Å². The Morgan fingerprint density at radius 3 is 2.10 bits per heavy atom. The van der Waals surface area contributed by atoms with Crippen molar-refractivity contribution in [3.05, 3.63) is 12.7 Å². The molecule has 2 atom stereocenters. The fourth-order valence-electron chi connectivity index (χ4n) is 2.95. The Bertz CT molecular complexity index is 507. The molecule has 0 aliphatic carbocycles. The number of allylic oxidation sites excluding steroid dienone is 1. The summed E-state index contributed by atoms with van der Waals surface area (Å²) in [6.07, 6.45) is 9.99. The van der Waals surface area contributed by atoms with E-state index in [0.717, 1.165) is 38.5 Å². The van der Waals surface area contributed by atoms with Gasteiger partial charge in [-0.05, 0) is 49.8 Å². The second-order valence-electron chi connectivity index (χ2n) is 8.19. The fourth-order valence-corrected chi connectivity index (χ4v) is 2.95. The summed E-state index contributed by atoms with van der Waals surface area (Å²) in [6.45, 7) is 11.1. The molecule has 0 unspecified atom stereocenters. The number of unbranched alkanes of at least 4 members (excludes halogenated alkanes) is 6. The zero-order valence-corrected chi connectivity index (χ0v) is 21.1. The zero-order valence-electron chi connectivity index (χ0n) is 19.1. The van der Waals surface area contributed by atoms with Crippen molar-refractivity contribution in [3.8, 4) is 0 Å². The average Bonchev–Trinajstić information content (AvgIpc) is 2.60. The molecular weight excluding hydrogens is 379 g/mol. The van der Waals surface area contributed by atoms with E-state index in [1.165, 1.54) is 6.42 Å². The first-order chi connectivity index (χ1) is 13.2. The molecule has 0 aromatic heterocycles. The first-order valence-corrected chi connectivity index (χ1v) is 10.6. The van der Waals surface area contributed by atoms with Gasteiger partial charge < -0.3 is 15.5 Å². The van der Waals surface area contributed by atoms with Gasteiger partial charge in [-0.15, -0.1) is 6.58 Å². The third-order valence-electron chi connectivity index (χ3n) is 4.55. The molecule has 6 nitrogen and oxygen atoms in total. The van der Waals surface area contributed by atoms with E-state index in [2.05, 4.69) is 16.9 Å². The Morgan fingerprint density at radius 2 is 1.62 bits per heavy atom. The molecule has 0 aromatic rings. The molecule has 0 aliphatic heterocycles. The Morgan fingerprint density at radius 1 is 1.07 bits per heavy atom. The van der Waals surface area contributed by atoms with Gasteiger partial charge in [0.25, 0.3) is 0 Å². The van der Waals surface area contributed by atoms with Crippen LogP contribution in [-0.2, 0) is 9.59 Å². The topological polar surface area (TPSA) is 102 Å². The van der Waals surface area contributed by atoms with Crippen LogP contribution in [0.25, 0.3) is 0 Å². The molecule has 0 spiro atoms. The van der Waals surface area contributed by atoms with Crippen LogP contribution in [0.1, 0.15) is 85.5 Å². The van der Waals surface area contributed by atoms with Gasteiger partial charge in [0, 0.05) is 0 Å². The Balaban J connectivity index is 0. The van der Waals surface area contributed by atoms with Crippen molar-refractivity contribution in [1.82, 2.24) is 5.32 Å². The molecule has 0 radical (unpaired) electrons. The molecule has 0 fully saturated rings. The van der Waals surface area contributed by atoms with Crippen LogP contribution < -0.4 is 40.0 Å². The molecule has 7 heteroatoms. The second-order valence-corrected chi connectivity index (χ2v) is 8.19. The maximum atomic E-state index is 12.5. The van der Waals surface area contributed by atoms with Crippen LogP contribution in [0, 0.1) is 11.8 Å². The molecule has 0 saturated carbocycles. The van der Waals surface area contributed by atoms with Crippen LogP contribution in [-0.4, -0.2) is 35.0 Å². The molecule has 0 aromatic carbocycles. The number of carbonyl (C=O) groups is 2. The first-order valence-electron chi connectivity index (χ1n) is 10.6. The SMILES string of the molecule is C=CCCCCCCCCC([O-])=N[C@H](C(=O)N[C@@H](CC(C)C)C(=O)O)C(C)C.[Na+]. The van der Waals surface area contributed by atoms with Crippen molar-refractivity contribution >= 4 is 17.8 Å². The second kappa shape index (κ2) is 18.0. The van der Waals surface area contributed by atoms with Gasteiger partial charge in [0.2, 0.25) is 5.91 Å². The van der Waals surface area contributed by atoms with Crippen molar-refractivity contribution in [2.24, 2.45) is 16.8 Å². The first kappa shape index (κ1) is 30.3. The molecule has 0 bridgehead atoms. The summed E-state index contributed by atoms with van der Waals surface area (Å²) < 4.78 is 0. The van der Waals surface area contributed by atoms with Crippen LogP contribution in [0.4, 0.5) is 0 Å². The number of hydrogen-bond donors (Lipinski definition) is 2. The number of carboxylic acid groups (broad SMARTS) is 1. The van der Waals surface area contributed by atoms with E-state index < -0.39 is 24.0 Å². The Labute approximate surface area is 198 Å². The summed E-state index contributed by atoms with van der Waals surface area (Å²) in [6, 6.07) is -1.81. The monoisotopic (exact) mass is 418 g/mol. The van der Waals surface area contributed by atoms with Crippen LogP contribution in [0.2, 0.25) is 0 Å². The van der Waals surface area contributed by atoms with Crippen molar-refractivity contribution < 1.29 is 49.4 Å². The molecule has 2 N–H and O–H groups in total.